The molecule has 3 aliphatic heterocycles. The zero-order valence-electron chi connectivity index (χ0n) is 24.1. The van der Waals surface area contributed by atoms with Crippen molar-refractivity contribution in [3.8, 4) is 0 Å². The number of rotatable bonds is 9. The minimum Gasteiger partial charge on any atom is -0.447 e. The van der Waals surface area contributed by atoms with Crippen LogP contribution in [0.15, 0.2) is 54.7 Å². The quantitative estimate of drug-likeness (QED) is 0.363. The molecule has 1 spiro atoms. The first-order chi connectivity index (χ1) is 20.1. The van der Waals surface area contributed by atoms with Crippen LogP contribution >= 0.6 is 0 Å². The average Bonchev–Trinajstić information content (AvgIpc) is 3.71. The van der Waals surface area contributed by atoms with E-state index in [9.17, 15) is 19.5 Å². The van der Waals surface area contributed by atoms with Gasteiger partial charge in [-0.15, -0.1) is 5.10 Å². The summed E-state index contributed by atoms with van der Waals surface area (Å²) in [7, 11) is -2.85. The first-order valence-electron chi connectivity index (χ1n) is 14.5. The van der Waals surface area contributed by atoms with Gasteiger partial charge in [-0.1, -0.05) is 42.5 Å². The smallest absolute Gasteiger partial charge is 0.414 e. The van der Waals surface area contributed by atoms with Crippen molar-refractivity contribution in [1.29, 1.82) is 0 Å². The first kappa shape index (κ1) is 28.5. The molecule has 1 aromatic heterocycles. The molecular weight excluding hydrogens is 554 g/mol. The summed E-state index contributed by atoms with van der Waals surface area (Å²) in [5.74, 6) is -0.491. The second-order valence-electron chi connectivity index (χ2n) is 11.9. The Morgan fingerprint density at radius 3 is 2.62 bits per heavy atom. The number of carbonyl (C=O) groups excluding carboxylic acids is 2. The number of hydrogen-bond donors (Lipinski definition) is 2. The normalized spacial score (nSPS) is 25.5. The van der Waals surface area contributed by atoms with Crippen LogP contribution in [0.3, 0.4) is 0 Å². The van der Waals surface area contributed by atoms with Gasteiger partial charge in [-0.3, -0.25) is 14.4 Å². The lowest BCUT2D eigenvalue weighted by Crippen LogP contribution is -2.46. The Labute approximate surface area is 245 Å². The first-order valence-corrected chi connectivity index (χ1v) is 17.5. The molecule has 0 unspecified atom stereocenters. The standard InChI is InChI=1S/C30H37N5O6Si/c1-20-27(42(2,3)39)26(11-13-33-19-22(12-15-36)31-32-33)41-30(20)24-17-23(34-14-16-40-29(34)38)9-10-25(24)35(28(30)37)18-21-7-5-4-6-8-21/h4-10,17,19-20,26-27,36,39H,11-16,18H2,1-3H3/t20-,26+,27-,30+/m1/s1. The number of cyclic esters (lactones) is 1. The second-order valence-corrected chi connectivity index (χ2v) is 15.9. The van der Waals surface area contributed by atoms with Gasteiger partial charge in [-0.25, -0.2) is 4.79 Å². The van der Waals surface area contributed by atoms with E-state index < -0.39 is 26.1 Å². The van der Waals surface area contributed by atoms with Gasteiger partial charge in [0.25, 0.3) is 5.91 Å². The van der Waals surface area contributed by atoms with Gasteiger partial charge in [-0.05, 0) is 43.3 Å². The van der Waals surface area contributed by atoms with Crippen LogP contribution < -0.4 is 9.80 Å². The number of aliphatic hydroxyl groups is 1. The SMILES string of the molecule is C[C@@H]1[C@@H]([Si](C)(C)O)[C@H](CCn2cc(CCO)nn2)O[C@@]12C(=O)N(Cc1ccccc1)c1ccc(N3CCOC3=O)cc12. The van der Waals surface area contributed by atoms with Gasteiger partial charge in [0.2, 0.25) is 0 Å². The molecule has 4 heterocycles. The van der Waals surface area contributed by atoms with Crippen LogP contribution in [0.1, 0.15) is 30.2 Å². The van der Waals surface area contributed by atoms with Gasteiger partial charge in [0.1, 0.15) is 6.61 Å². The Bertz CT molecular complexity index is 1480. The predicted octanol–water partition coefficient (Wildman–Crippen LogP) is 3.20. The number of nitrogens with zero attached hydrogens (tertiary/aromatic N) is 5. The molecule has 3 aromatic rings. The summed E-state index contributed by atoms with van der Waals surface area (Å²) in [6.07, 6.45) is 1.93. The molecule has 0 bridgehead atoms. The van der Waals surface area contributed by atoms with E-state index >= 15 is 0 Å². The summed E-state index contributed by atoms with van der Waals surface area (Å²) < 4.78 is 13.8. The topological polar surface area (TPSA) is 130 Å². The molecule has 2 saturated heterocycles. The van der Waals surface area contributed by atoms with Crippen LogP contribution in [-0.4, -0.2) is 71.1 Å². The largest absolute Gasteiger partial charge is 0.447 e. The lowest BCUT2D eigenvalue weighted by molar-refractivity contribution is -0.146. The van der Waals surface area contributed by atoms with Crippen molar-refractivity contribution in [3.05, 3.63) is 71.5 Å². The lowest BCUT2D eigenvalue weighted by atomic mass is 9.82. The Morgan fingerprint density at radius 1 is 1.14 bits per heavy atom. The molecule has 11 nitrogen and oxygen atoms in total. The van der Waals surface area contributed by atoms with Crippen molar-refractivity contribution in [2.24, 2.45) is 5.92 Å². The van der Waals surface area contributed by atoms with Gasteiger partial charge in [0, 0.05) is 48.5 Å². The fourth-order valence-electron chi connectivity index (χ4n) is 6.99. The number of ether oxygens (including phenoxy) is 2. The number of amides is 2. The van der Waals surface area contributed by atoms with E-state index in [0.717, 1.165) is 11.3 Å². The minimum atomic E-state index is -2.85. The van der Waals surface area contributed by atoms with E-state index in [1.165, 1.54) is 0 Å². The molecular formula is C30H37N5O6Si. The zero-order chi connectivity index (χ0) is 29.6. The Hall–Kier alpha value is -3.58. The summed E-state index contributed by atoms with van der Waals surface area (Å²) >= 11 is 0. The van der Waals surface area contributed by atoms with Crippen LogP contribution in [0.25, 0.3) is 0 Å². The highest BCUT2D eigenvalue weighted by Crippen LogP contribution is 2.60. The molecule has 222 valence electrons. The van der Waals surface area contributed by atoms with E-state index in [0.29, 0.717) is 56.0 Å². The van der Waals surface area contributed by atoms with E-state index in [1.54, 1.807) is 20.7 Å². The molecule has 6 rings (SSSR count). The number of carbonyl (C=O) groups is 2. The molecule has 0 saturated carbocycles. The van der Waals surface area contributed by atoms with Crippen molar-refractivity contribution in [2.75, 3.05) is 29.6 Å². The number of fused-ring (bicyclic) bond motifs is 2. The van der Waals surface area contributed by atoms with Crippen molar-refractivity contribution in [1.82, 2.24) is 15.0 Å². The number of anilines is 2. The summed E-state index contributed by atoms with van der Waals surface area (Å²) in [4.78, 5) is 42.0. The van der Waals surface area contributed by atoms with Crippen LogP contribution in [0.2, 0.25) is 18.6 Å². The summed E-state index contributed by atoms with van der Waals surface area (Å²) in [5, 5.41) is 17.5. The summed E-state index contributed by atoms with van der Waals surface area (Å²) in [6, 6.07) is 15.5. The molecule has 0 aliphatic carbocycles. The minimum absolute atomic E-state index is 0.00498. The molecule has 4 atom stereocenters. The number of benzene rings is 2. The Kier molecular flexibility index (Phi) is 7.42. The highest BCUT2D eigenvalue weighted by Gasteiger charge is 2.66. The third kappa shape index (κ3) is 4.81. The van der Waals surface area contributed by atoms with E-state index in [-0.39, 0.29) is 24.0 Å². The van der Waals surface area contributed by atoms with Gasteiger partial charge in [-0.2, -0.15) is 0 Å². The summed E-state index contributed by atoms with van der Waals surface area (Å²) in [6.45, 7) is 7.40. The van der Waals surface area contributed by atoms with Crippen molar-refractivity contribution < 1.29 is 29.0 Å². The van der Waals surface area contributed by atoms with Gasteiger partial charge < -0.3 is 24.3 Å². The molecule has 2 fully saturated rings. The number of hydrogen-bond acceptors (Lipinski definition) is 8. The molecule has 12 heteroatoms. The Morgan fingerprint density at radius 2 is 1.93 bits per heavy atom. The number of aliphatic hydroxyl groups excluding tert-OH is 1. The van der Waals surface area contributed by atoms with Crippen LogP contribution in [0, 0.1) is 5.92 Å². The lowest BCUT2D eigenvalue weighted by Gasteiger charge is -2.32. The predicted molar refractivity (Wildman–Crippen MR) is 157 cm³/mol. The second kappa shape index (κ2) is 10.9. The van der Waals surface area contributed by atoms with Crippen molar-refractivity contribution in [2.45, 2.75) is 63.2 Å². The Balaban J connectivity index is 1.40. The van der Waals surface area contributed by atoms with E-state index in [1.807, 2.05) is 68.5 Å². The zero-order valence-corrected chi connectivity index (χ0v) is 25.1. The van der Waals surface area contributed by atoms with Gasteiger partial charge in [0.05, 0.1) is 30.6 Å². The third-order valence-corrected chi connectivity index (χ3v) is 11.3. The van der Waals surface area contributed by atoms with Crippen molar-refractivity contribution >= 4 is 31.7 Å². The van der Waals surface area contributed by atoms with Crippen LogP contribution in [-0.2, 0) is 39.4 Å². The molecule has 2 amide bonds. The molecule has 2 aromatic carbocycles. The van der Waals surface area contributed by atoms with Crippen molar-refractivity contribution in [3.63, 3.8) is 0 Å². The van der Waals surface area contributed by atoms with Crippen LogP contribution in [0.4, 0.5) is 16.2 Å². The number of aromatic nitrogens is 3. The number of aryl methyl sites for hydroxylation is 1. The van der Waals surface area contributed by atoms with Gasteiger partial charge in [0.15, 0.2) is 13.9 Å². The maximum Gasteiger partial charge on any atom is 0.414 e. The summed E-state index contributed by atoms with van der Waals surface area (Å²) in [5.41, 5.74) is 2.23. The monoisotopic (exact) mass is 591 g/mol. The van der Waals surface area contributed by atoms with Gasteiger partial charge >= 0.3 is 6.09 Å². The molecule has 2 N–H and O–H groups in total. The average molecular weight is 592 g/mol. The van der Waals surface area contributed by atoms with E-state index in [2.05, 4.69) is 10.3 Å². The fourth-order valence-corrected chi connectivity index (χ4v) is 9.59. The van der Waals surface area contributed by atoms with E-state index in [4.69, 9.17) is 9.47 Å². The highest BCUT2D eigenvalue weighted by atomic mass is 28.4. The van der Waals surface area contributed by atoms with Crippen LogP contribution in [0.5, 0.6) is 0 Å². The molecule has 0 radical (unpaired) electrons. The maximum absolute atomic E-state index is 14.6. The highest BCUT2D eigenvalue weighted by molar-refractivity contribution is 6.71. The maximum atomic E-state index is 14.6. The fraction of sp³-hybridized carbons (Fsp3) is 0.467. The molecule has 3 aliphatic rings. The third-order valence-electron chi connectivity index (χ3n) is 8.82. The molecule has 42 heavy (non-hydrogen) atoms.